The molecule has 0 aromatic heterocycles. The Morgan fingerprint density at radius 3 is 2.91 bits per heavy atom. The minimum atomic E-state index is -0.0516. The van der Waals surface area contributed by atoms with Crippen LogP contribution in [0.3, 0.4) is 0 Å². The molecule has 1 N–H and O–H groups in total. The second kappa shape index (κ2) is 8.74. The van der Waals surface area contributed by atoms with Crippen LogP contribution in [0.15, 0.2) is 36.9 Å². The zero-order valence-corrected chi connectivity index (χ0v) is 15.8. The maximum absolute atomic E-state index is 12.3. The van der Waals surface area contributed by atoms with Crippen molar-refractivity contribution in [3.05, 3.63) is 41.9 Å². The summed E-state index contributed by atoms with van der Waals surface area (Å²) in [7, 11) is 2.22. The summed E-state index contributed by atoms with van der Waals surface area (Å²) in [4.78, 5) is 14.2. The number of halogens is 2. The van der Waals surface area contributed by atoms with E-state index in [1.165, 1.54) is 0 Å². The SMILES string of the molecule is C=CC[N+]1(C)CCCN(C(=O)Nc2cccc(Cl)c2)CC1.[I-]. The second-order valence-corrected chi connectivity index (χ2v) is 6.26. The van der Waals surface area contributed by atoms with Crippen molar-refractivity contribution in [3.63, 3.8) is 0 Å². The van der Waals surface area contributed by atoms with E-state index in [-0.39, 0.29) is 30.0 Å². The summed E-state index contributed by atoms with van der Waals surface area (Å²) in [6, 6.07) is 7.18. The van der Waals surface area contributed by atoms with Crippen molar-refractivity contribution in [2.45, 2.75) is 6.42 Å². The zero-order chi connectivity index (χ0) is 15.3. The van der Waals surface area contributed by atoms with Crippen molar-refractivity contribution in [1.82, 2.24) is 4.90 Å². The highest BCUT2D eigenvalue weighted by molar-refractivity contribution is 6.30. The van der Waals surface area contributed by atoms with Gasteiger partial charge in [0.2, 0.25) is 0 Å². The van der Waals surface area contributed by atoms with Crippen molar-refractivity contribution in [2.75, 3.05) is 45.1 Å². The molecule has 1 fully saturated rings. The highest BCUT2D eigenvalue weighted by Gasteiger charge is 2.27. The molecule has 122 valence electrons. The van der Waals surface area contributed by atoms with Crippen LogP contribution in [0.1, 0.15) is 6.42 Å². The lowest BCUT2D eigenvalue weighted by Gasteiger charge is -2.32. The summed E-state index contributed by atoms with van der Waals surface area (Å²) >= 11 is 5.94. The monoisotopic (exact) mass is 435 g/mol. The summed E-state index contributed by atoms with van der Waals surface area (Å²) in [5.41, 5.74) is 0.736. The van der Waals surface area contributed by atoms with E-state index >= 15 is 0 Å². The first-order valence-electron chi connectivity index (χ1n) is 7.28. The number of carbonyl (C=O) groups excluding carboxylic acids is 1. The Morgan fingerprint density at radius 2 is 2.23 bits per heavy atom. The van der Waals surface area contributed by atoms with Gasteiger partial charge in [0.1, 0.15) is 0 Å². The van der Waals surface area contributed by atoms with Crippen LogP contribution in [0.2, 0.25) is 5.02 Å². The first kappa shape index (κ1) is 19.3. The molecule has 0 saturated carbocycles. The molecule has 22 heavy (non-hydrogen) atoms. The van der Waals surface area contributed by atoms with Crippen LogP contribution in [0.25, 0.3) is 0 Å². The number of anilines is 1. The Labute approximate surface area is 154 Å². The van der Waals surface area contributed by atoms with E-state index in [9.17, 15) is 4.79 Å². The predicted octanol–water partition coefficient (Wildman–Crippen LogP) is 0.214. The highest BCUT2D eigenvalue weighted by atomic mass is 127. The molecule has 1 aliphatic rings. The number of urea groups is 1. The normalized spacial score (nSPS) is 21.5. The summed E-state index contributed by atoms with van der Waals surface area (Å²) in [6.45, 7) is 8.36. The van der Waals surface area contributed by atoms with E-state index in [2.05, 4.69) is 18.9 Å². The highest BCUT2D eigenvalue weighted by Crippen LogP contribution is 2.16. The molecule has 1 aliphatic heterocycles. The molecule has 0 spiro atoms. The summed E-state index contributed by atoms with van der Waals surface area (Å²) in [5, 5.41) is 3.54. The second-order valence-electron chi connectivity index (χ2n) is 5.82. The number of quaternary nitrogens is 1. The van der Waals surface area contributed by atoms with E-state index in [4.69, 9.17) is 11.6 Å². The molecular weight excluding hydrogens is 413 g/mol. The lowest BCUT2D eigenvalue weighted by Crippen LogP contribution is -3.00. The van der Waals surface area contributed by atoms with E-state index in [1.54, 1.807) is 12.1 Å². The number of benzene rings is 1. The number of nitrogens with one attached hydrogen (secondary N) is 1. The van der Waals surface area contributed by atoms with Crippen LogP contribution in [0, 0.1) is 0 Å². The molecule has 1 saturated heterocycles. The molecule has 1 heterocycles. The van der Waals surface area contributed by atoms with Gasteiger partial charge in [0, 0.05) is 23.7 Å². The van der Waals surface area contributed by atoms with Crippen molar-refractivity contribution in [1.29, 1.82) is 0 Å². The van der Waals surface area contributed by atoms with Gasteiger partial charge >= 0.3 is 6.03 Å². The average molecular weight is 436 g/mol. The van der Waals surface area contributed by atoms with Crippen LogP contribution in [-0.4, -0.2) is 55.2 Å². The molecule has 2 rings (SSSR count). The quantitative estimate of drug-likeness (QED) is 0.411. The molecular formula is C16H23ClIN3O. The number of amides is 2. The van der Waals surface area contributed by atoms with Gasteiger partial charge in [0.25, 0.3) is 0 Å². The third kappa shape index (κ3) is 5.44. The molecule has 0 aliphatic carbocycles. The van der Waals surface area contributed by atoms with Gasteiger partial charge in [0.15, 0.2) is 0 Å². The number of hydrogen-bond donors (Lipinski definition) is 1. The fourth-order valence-corrected chi connectivity index (χ4v) is 2.89. The van der Waals surface area contributed by atoms with Crippen molar-refractivity contribution in [3.8, 4) is 0 Å². The fraction of sp³-hybridized carbons (Fsp3) is 0.438. The number of carbonyl (C=O) groups is 1. The van der Waals surface area contributed by atoms with Crippen molar-refractivity contribution in [2.24, 2.45) is 0 Å². The molecule has 1 aromatic carbocycles. The minimum Gasteiger partial charge on any atom is -1.00 e. The summed E-state index contributed by atoms with van der Waals surface area (Å²) in [6.07, 6.45) is 2.97. The molecule has 4 nitrogen and oxygen atoms in total. The largest absolute Gasteiger partial charge is 1.00 e. The van der Waals surface area contributed by atoms with Gasteiger partial charge in [-0.05, 0) is 24.3 Å². The van der Waals surface area contributed by atoms with Gasteiger partial charge in [-0.2, -0.15) is 0 Å². The maximum atomic E-state index is 12.3. The number of likely N-dealkylation sites (N-methyl/N-ethyl adjacent to an activating group) is 1. The third-order valence-corrected chi connectivity index (χ3v) is 4.20. The zero-order valence-electron chi connectivity index (χ0n) is 12.9. The van der Waals surface area contributed by atoms with Crippen LogP contribution >= 0.6 is 11.6 Å². The molecule has 0 bridgehead atoms. The van der Waals surface area contributed by atoms with E-state index in [0.717, 1.165) is 49.3 Å². The van der Waals surface area contributed by atoms with Gasteiger partial charge in [-0.1, -0.05) is 24.2 Å². The van der Waals surface area contributed by atoms with Crippen LogP contribution in [-0.2, 0) is 0 Å². The van der Waals surface area contributed by atoms with E-state index < -0.39 is 0 Å². The lowest BCUT2D eigenvalue weighted by molar-refractivity contribution is -0.901. The molecule has 1 unspecified atom stereocenters. The average Bonchev–Trinajstić information content (AvgIpc) is 2.61. The standard InChI is InChI=1S/C16H22ClN3O.HI/c1-3-10-20(2)11-5-8-19(9-12-20)16(21)18-15-7-4-6-14(17)13-15;/h3-4,6-7,13H,1,5,8-12H2,2H3;1H. The number of nitrogens with zero attached hydrogens (tertiary/aromatic N) is 2. The Morgan fingerprint density at radius 1 is 1.45 bits per heavy atom. The Balaban J connectivity index is 0.00000242. The molecule has 0 radical (unpaired) electrons. The topological polar surface area (TPSA) is 32.3 Å². The maximum Gasteiger partial charge on any atom is 0.322 e. The summed E-state index contributed by atoms with van der Waals surface area (Å²) in [5.74, 6) is 0. The van der Waals surface area contributed by atoms with Crippen LogP contribution in [0.4, 0.5) is 10.5 Å². The minimum absolute atomic E-state index is 0. The van der Waals surface area contributed by atoms with Gasteiger partial charge < -0.3 is 38.7 Å². The Kier molecular flexibility index (Phi) is 7.65. The smallest absolute Gasteiger partial charge is 0.322 e. The molecule has 6 heteroatoms. The van der Waals surface area contributed by atoms with Crippen LogP contribution in [0.5, 0.6) is 0 Å². The molecule has 1 atom stereocenters. The lowest BCUT2D eigenvalue weighted by atomic mass is 10.3. The first-order valence-corrected chi connectivity index (χ1v) is 7.66. The molecule has 2 amide bonds. The number of rotatable bonds is 3. The predicted molar refractivity (Wildman–Crippen MR) is 87.6 cm³/mol. The third-order valence-electron chi connectivity index (χ3n) is 3.97. The van der Waals surface area contributed by atoms with Gasteiger partial charge in [-0.25, -0.2) is 4.79 Å². The van der Waals surface area contributed by atoms with Gasteiger partial charge in [-0.15, -0.1) is 0 Å². The van der Waals surface area contributed by atoms with E-state index in [1.807, 2.05) is 23.1 Å². The molecule has 1 aromatic rings. The first-order chi connectivity index (χ1) is 10.0. The number of hydrogen-bond acceptors (Lipinski definition) is 1. The van der Waals surface area contributed by atoms with Crippen molar-refractivity contribution >= 4 is 23.3 Å². The van der Waals surface area contributed by atoms with Crippen molar-refractivity contribution < 1.29 is 33.3 Å². The van der Waals surface area contributed by atoms with Gasteiger partial charge in [-0.3, -0.25) is 0 Å². The Bertz CT molecular complexity index is 526. The van der Waals surface area contributed by atoms with E-state index in [0.29, 0.717) is 5.02 Å². The fourth-order valence-electron chi connectivity index (χ4n) is 2.70. The Hall–Kier alpha value is -0.790. The summed E-state index contributed by atoms with van der Waals surface area (Å²) < 4.78 is 0.949. The van der Waals surface area contributed by atoms with Gasteiger partial charge in [0.05, 0.1) is 33.2 Å². The van der Waals surface area contributed by atoms with Crippen LogP contribution < -0.4 is 29.3 Å².